The first-order valence-corrected chi connectivity index (χ1v) is 27.3. The van der Waals surface area contributed by atoms with Gasteiger partial charge in [-0.25, -0.2) is 0 Å². The molecule has 0 amide bonds. The van der Waals surface area contributed by atoms with Crippen LogP contribution in [-0.4, -0.2) is 0 Å². The van der Waals surface area contributed by atoms with Crippen molar-refractivity contribution in [1.82, 2.24) is 0 Å². The third-order valence-electron chi connectivity index (χ3n) is 16.9. The molecule has 2 aliphatic rings. The van der Waals surface area contributed by atoms with Crippen molar-refractivity contribution in [2.45, 2.75) is 38.5 Å². The molecule has 2 heteroatoms. The topological polar surface area (TPSA) is 6.48 Å². The van der Waals surface area contributed by atoms with Crippen LogP contribution in [0.25, 0.3) is 77.5 Å². The lowest BCUT2D eigenvalue weighted by atomic mass is 9.65. The zero-order valence-electron chi connectivity index (χ0n) is 44.5. The summed E-state index contributed by atoms with van der Waals surface area (Å²) in [6.45, 7) is 9.74. The summed E-state index contributed by atoms with van der Waals surface area (Å²) < 4.78 is 0. The van der Waals surface area contributed by atoms with Gasteiger partial charge in [-0.1, -0.05) is 234 Å². The molecule has 0 saturated heterocycles. The number of hydrogen-bond donors (Lipinski definition) is 0. The Morgan fingerprint density at radius 2 is 0.551 bits per heavy atom. The molecular formula is C76H58N2. The second-order valence-corrected chi connectivity index (χ2v) is 22.1. The van der Waals surface area contributed by atoms with E-state index in [9.17, 15) is 0 Å². The maximum Gasteiger partial charge on any atom is 0.0544 e. The van der Waals surface area contributed by atoms with Crippen LogP contribution in [-0.2, 0) is 10.8 Å². The summed E-state index contributed by atoms with van der Waals surface area (Å²) in [6.07, 6.45) is 0. The van der Waals surface area contributed by atoms with Crippen LogP contribution in [0.1, 0.15) is 49.9 Å². The molecule has 0 aromatic heterocycles. The highest BCUT2D eigenvalue weighted by Gasteiger charge is 2.46. The lowest BCUT2D eigenvalue weighted by molar-refractivity contribution is 0.598. The van der Waals surface area contributed by atoms with E-state index in [0.29, 0.717) is 0 Å². The van der Waals surface area contributed by atoms with Crippen molar-refractivity contribution in [2.75, 3.05) is 9.80 Å². The van der Waals surface area contributed by atoms with E-state index in [0.717, 1.165) is 17.1 Å². The second-order valence-electron chi connectivity index (χ2n) is 22.1. The summed E-state index contributed by atoms with van der Waals surface area (Å²) in [7, 11) is 0. The molecule has 0 atom stereocenters. The van der Waals surface area contributed by atoms with E-state index in [1.54, 1.807) is 0 Å². The number of hydrogen-bond acceptors (Lipinski definition) is 2. The molecule has 14 rings (SSSR count). The molecule has 12 aromatic rings. The van der Waals surface area contributed by atoms with Crippen LogP contribution in [0, 0.1) is 0 Å². The van der Waals surface area contributed by atoms with E-state index in [2.05, 4.69) is 317 Å². The van der Waals surface area contributed by atoms with Crippen molar-refractivity contribution < 1.29 is 0 Å². The highest BCUT2D eigenvalue weighted by atomic mass is 15.2. The Bertz CT molecular complexity index is 3990. The van der Waals surface area contributed by atoms with Crippen LogP contribution in [0.15, 0.2) is 279 Å². The van der Waals surface area contributed by atoms with Crippen LogP contribution >= 0.6 is 0 Å². The lowest BCUT2D eigenvalue weighted by Crippen LogP contribution is -2.38. The van der Waals surface area contributed by atoms with E-state index in [1.165, 1.54) is 117 Å². The van der Waals surface area contributed by atoms with Crippen LogP contribution in [0.2, 0.25) is 0 Å². The first kappa shape index (κ1) is 47.0. The van der Waals surface area contributed by atoms with Gasteiger partial charge in [-0.2, -0.15) is 0 Å². The Hall–Kier alpha value is -9.50. The Balaban J connectivity index is 0.884. The van der Waals surface area contributed by atoms with Gasteiger partial charge < -0.3 is 9.80 Å². The molecule has 372 valence electrons. The van der Waals surface area contributed by atoms with Gasteiger partial charge in [0.15, 0.2) is 0 Å². The molecule has 0 radical (unpaired) electrons. The molecule has 0 unspecified atom stereocenters. The number of nitrogens with zero attached hydrogens (tertiary/aromatic N) is 2. The number of fused-ring (bicyclic) bond motifs is 5. The molecular weight excluding hydrogens is 941 g/mol. The van der Waals surface area contributed by atoms with Crippen molar-refractivity contribution in [3.8, 4) is 66.8 Å². The van der Waals surface area contributed by atoms with Crippen molar-refractivity contribution >= 4 is 44.9 Å². The Morgan fingerprint density at radius 3 is 0.936 bits per heavy atom. The fourth-order valence-corrected chi connectivity index (χ4v) is 12.6. The Kier molecular flexibility index (Phi) is 11.2. The maximum absolute atomic E-state index is 2.59. The van der Waals surface area contributed by atoms with Crippen LogP contribution in [0.3, 0.4) is 0 Å². The van der Waals surface area contributed by atoms with Gasteiger partial charge in [-0.15, -0.1) is 0 Å². The van der Waals surface area contributed by atoms with Crippen molar-refractivity contribution in [2.24, 2.45) is 0 Å². The average molecular weight is 999 g/mol. The normalized spacial score (nSPS) is 13.6. The quantitative estimate of drug-likeness (QED) is 0.142. The van der Waals surface area contributed by atoms with E-state index < -0.39 is 0 Å². The fourth-order valence-electron chi connectivity index (χ4n) is 12.6. The lowest BCUT2D eigenvalue weighted by Gasteiger charge is -2.50. The van der Waals surface area contributed by atoms with Crippen LogP contribution < -0.4 is 9.80 Å². The zero-order chi connectivity index (χ0) is 52.5. The van der Waals surface area contributed by atoms with E-state index in [1.807, 2.05) is 0 Å². The molecule has 0 N–H and O–H groups in total. The predicted octanol–water partition coefficient (Wildman–Crippen LogP) is 21.1. The van der Waals surface area contributed by atoms with Crippen LogP contribution in [0.4, 0.5) is 34.1 Å². The minimum absolute atomic E-state index is 0.312. The second kappa shape index (κ2) is 18.7. The first-order chi connectivity index (χ1) is 38.2. The van der Waals surface area contributed by atoms with Gasteiger partial charge in [-0.05, 0) is 173 Å². The first-order valence-electron chi connectivity index (χ1n) is 27.3. The van der Waals surface area contributed by atoms with E-state index >= 15 is 0 Å². The molecule has 0 spiro atoms. The standard InChI is InChI=1S/C76H58N2/c1-75(2)68-47-58(53-23-13-7-14-24-53)35-45-72(68)78-73-46-36-59(54-25-15-8-16-26-54)48-69(73)76(3,4)71-50-60(49-70(75)74(71)78)65-44-43-64(66-27-17-18-28-67(65)66)57-33-41-63(42-34-57)77(61-37-29-55(30-38-61)51-19-9-5-10-20-51)62-39-31-56(32-40-62)52-21-11-6-12-22-52/h5-50H,1-4H3. The third-order valence-corrected chi connectivity index (χ3v) is 16.9. The highest BCUT2D eigenvalue weighted by Crippen LogP contribution is 2.62. The molecule has 0 saturated carbocycles. The van der Waals surface area contributed by atoms with E-state index in [4.69, 9.17) is 0 Å². The van der Waals surface area contributed by atoms with Crippen molar-refractivity contribution in [1.29, 1.82) is 0 Å². The van der Waals surface area contributed by atoms with Crippen LogP contribution in [0.5, 0.6) is 0 Å². The summed E-state index contributed by atoms with van der Waals surface area (Å²) in [5.74, 6) is 0. The minimum atomic E-state index is -0.312. The molecule has 2 nitrogen and oxygen atoms in total. The molecule has 2 heterocycles. The van der Waals surface area contributed by atoms with Gasteiger partial charge in [-0.3, -0.25) is 0 Å². The van der Waals surface area contributed by atoms with Crippen molar-refractivity contribution in [3.05, 3.63) is 301 Å². The van der Waals surface area contributed by atoms with Gasteiger partial charge in [0.1, 0.15) is 0 Å². The average Bonchev–Trinajstić information content (AvgIpc) is 2.77. The molecule has 78 heavy (non-hydrogen) atoms. The van der Waals surface area contributed by atoms with Crippen molar-refractivity contribution in [3.63, 3.8) is 0 Å². The van der Waals surface area contributed by atoms with Gasteiger partial charge >= 0.3 is 0 Å². The third kappa shape index (κ3) is 7.86. The fraction of sp³-hybridized carbons (Fsp3) is 0.0789. The largest absolute Gasteiger partial charge is 0.311 e. The molecule has 0 fully saturated rings. The van der Waals surface area contributed by atoms with E-state index in [-0.39, 0.29) is 10.8 Å². The summed E-state index contributed by atoms with van der Waals surface area (Å²) in [6, 6.07) is 103. The number of rotatable bonds is 9. The monoisotopic (exact) mass is 998 g/mol. The summed E-state index contributed by atoms with van der Waals surface area (Å²) in [5.41, 5.74) is 26.4. The highest BCUT2D eigenvalue weighted by molar-refractivity contribution is 6.06. The SMILES string of the molecule is CC1(C)c2cc(-c3ccccc3)ccc2N2c3ccc(-c4ccccc4)cc3C(C)(C)c3cc(-c4ccc(-c5ccc(N(c6ccc(-c7ccccc7)cc6)c6ccc(-c7ccccc7)cc6)cc5)c5ccccc45)cc1c32. The van der Waals surface area contributed by atoms with Gasteiger partial charge in [0.05, 0.1) is 17.1 Å². The number of benzene rings is 12. The smallest absolute Gasteiger partial charge is 0.0544 e. The predicted molar refractivity (Wildman–Crippen MR) is 330 cm³/mol. The van der Waals surface area contributed by atoms with Gasteiger partial charge in [0, 0.05) is 27.9 Å². The Morgan fingerprint density at radius 1 is 0.256 bits per heavy atom. The van der Waals surface area contributed by atoms with Gasteiger partial charge in [0.2, 0.25) is 0 Å². The minimum Gasteiger partial charge on any atom is -0.311 e. The zero-order valence-corrected chi connectivity index (χ0v) is 44.5. The molecule has 2 aliphatic heterocycles. The summed E-state index contributed by atoms with van der Waals surface area (Å²) >= 11 is 0. The summed E-state index contributed by atoms with van der Waals surface area (Å²) in [5, 5.41) is 2.47. The molecule has 0 bridgehead atoms. The Labute approximate surface area is 458 Å². The maximum atomic E-state index is 2.59. The summed E-state index contributed by atoms with van der Waals surface area (Å²) in [4.78, 5) is 4.95. The molecule has 12 aromatic carbocycles. The molecule has 0 aliphatic carbocycles. The number of anilines is 6. The van der Waals surface area contributed by atoms with Gasteiger partial charge in [0.25, 0.3) is 0 Å².